The Kier molecular flexibility index (Phi) is 2.06. The van der Waals surface area contributed by atoms with Crippen LogP contribution in [0, 0.1) is 5.82 Å². The van der Waals surface area contributed by atoms with Gasteiger partial charge >= 0.3 is 0 Å². The van der Waals surface area contributed by atoms with Gasteiger partial charge in [-0.15, -0.1) is 5.10 Å². The molecule has 0 bridgehead atoms. The Morgan fingerprint density at radius 2 is 1.86 bits per heavy atom. The highest BCUT2D eigenvalue weighted by molar-refractivity contribution is 6.20. The van der Waals surface area contributed by atoms with E-state index in [0.29, 0.717) is 5.65 Å². The summed E-state index contributed by atoms with van der Waals surface area (Å²) in [4.78, 5) is 4.46. The Labute approximate surface area is 123 Å². The molecule has 0 spiro atoms. The molecular formula is C16H8FN5. The van der Waals surface area contributed by atoms with Crippen molar-refractivity contribution in [1.82, 2.24) is 25.0 Å². The Morgan fingerprint density at radius 1 is 0.955 bits per heavy atom. The molecule has 0 atom stereocenters. The van der Waals surface area contributed by atoms with Crippen molar-refractivity contribution >= 4 is 38.2 Å². The maximum atomic E-state index is 13.8. The van der Waals surface area contributed by atoms with Gasteiger partial charge in [-0.05, 0) is 40.1 Å². The van der Waals surface area contributed by atoms with Crippen LogP contribution in [-0.4, -0.2) is 25.0 Å². The van der Waals surface area contributed by atoms with Crippen LogP contribution in [0.1, 0.15) is 0 Å². The van der Waals surface area contributed by atoms with Gasteiger partial charge in [-0.3, -0.25) is 4.98 Å². The van der Waals surface area contributed by atoms with E-state index in [9.17, 15) is 4.39 Å². The summed E-state index contributed by atoms with van der Waals surface area (Å²) < 4.78 is 15.5. The zero-order valence-corrected chi connectivity index (χ0v) is 11.2. The summed E-state index contributed by atoms with van der Waals surface area (Å²) in [6.07, 6.45) is 1.73. The van der Waals surface area contributed by atoms with E-state index in [-0.39, 0.29) is 5.82 Å². The van der Waals surface area contributed by atoms with Gasteiger partial charge in [0.05, 0.1) is 17.2 Å². The summed E-state index contributed by atoms with van der Waals surface area (Å²) in [5.41, 5.74) is 2.21. The molecule has 5 nitrogen and oxygen atoms in total. The van der Waals surface area contributed by atoms with E-state index >= 15 is 0 Å². The lowest BCUT2D eigenvalue weighted by Crippen LogP contribution is -1.95. The molecule has 0 aliphatic carbocycles. The van der Waals surface area contributed by atoms with Crippen LogP contribution in [0.25, 0.3) is 38.2 Å². The topological polar surface area (TPSA) is 56.0 Å². The van der Waals surface area contributed by atoms with Crippen molar-refractivity contribution in [2.24, 2.45) is 0 Å². The van der Waals surface area contributed by atoms with Crippen LogP contribution in [0.15, 0.2) is 48.7 Å². The molecule has 22 heavy (non-hydrogen) atoms. The van der Waals surface area contributed by atoms with Crippen LogP contribution in [0.2, 0.25) is 0 Å². The molecule has 0 aliphatic rings. The molecule has 0 N–H and O–H groups in total. The van der Waals surface area contributed by atoms with E-state index < -0.39 is 0 Å². The molecule has 0 radical (unpaired) electrons. The number of pyridine rings is 2. The number of tetrazole rings is 1. The molecular weight excluding hydrogens is 281 g/mol. The van der Waals surface area contributed by atoms with E-state index in [2.05, 4.69) is 20.5 Å². The molecule has 5 aromatic rings. The summed E-state index contributed by atoms with van der Waals surface area (Å²) in [5, 5.41) is 15.3. The second-order valence-corrected chi connectivity index (χ2v) is 5.14. The molecule has 0 fully saturated rings. The third-order valence-electron chi connectivity index (χ3n) is 3.94. The first-order valence-electron chi connectivity index (χ1n) is 6.80. The van der Waals surface area contributed by atoms with Gasteiger partial charge in [-0.1, -0.05) is 18.2 Å². The highest BCUT2D eigenvalue weighted by atomic mass is 19.1. The van der Waals surface area contributed by atoms with Crippen molar-refractivity contribution < 1.29 is 4.39 Å². The fourth-order valence-electron chi connectivity index (χ4n) is 3.01. The van der Waals surface area contributed by atoms with Crippen LogP contribution in [0.3, 0.4) is 0 Å². The zero-order chi connectivity index (χ0) is 14.7. The molecule has 3 aromatic heterocycles. The van der Waals surface area contributed by atoms with E-state index in [1.165, 1.54) is 12.1 Å². The van der Waals surface area contributed by atoms with Crippen LogP contribution < -0.4 is 0 Å². The molecule has 3 heterocycles. The molecule has 104 valence electrons. The molecule has 5 rings (SSSR count). The number of hydrogen-bond donors (Lipinski definition) is 0. The third kappa shape index (κ3) is 1.36. The van der Waals surface area contributed by atoms with E-state index in [1.807, 2.05) is 24.3 Å². The van der Waals surface area contributed by atoms with E-state index in [0.717, 1.165) is 32.6 Å². The first-order valence-corrected chi connectivity index (χ1v) is 6.80. The number of fused-ring (bicyclic) bond motifs is 8. The van der Waals surface area contributed by atoms with Crippen molar-refractivity contribution in [3.8, 4) is 0 Å². The van der Waals surface area contributed by atoms with Gasteiger partial charge < -0.3 is 0 Å². The molecule has 6 heteroatoms. The summed E-state index contributed by atoms with van der Waals surface area (Å²) in [7, 11) is 0. The van der Waals surface area contributed by atoms with Gasteiger partial charge in [0.25, 0.3) is 0 Å². The Bertz CT molecular complexity index is 1190. The van der Waals surface area contributed by atoms with Gasteiger partial charge in [0.15, 0.2) is 5.65 Å². The fraction of sp³-hybridized carbons (Fsp3) is 0. The molecule has 0 saturated carbocycles. The summed E-state index contributed by atoms with van der Waals surface area (Å²) in [6.45, 7) is 0. The molecule has 0 saturated heterocycles. The largest absolute Gasteiger partial charge is 0.254 e. The number of nitrogens with zero attached hydrogens (tertiary/aromatic N) is 5. The van der Waals surface area contributed by atoms with Crippen molar-refractivity contribution in [3.63, 3.8) is 0 Å². The van der Waals surface area contributed by atoms with Crippen molar-refractivity contribution in [2.75, 3.05) is 0 Å². The first kappa shape index (κ1) is 11.5. The lowest BCUT2D eigenvalue weighted by atomic mass is 10.0. The third-order valence-corrected chi connectivity index (χ3v) is 3.94. The van der Waals surface area contributed by atoms with Gasteiger partial charge in [0, 0.05) is 16.2 Å². The predicted octanol–water partition coefficient (Wildman–Crippen LogP) is 3.12. The minimum Gasteiger partial charge on any atom is -0.254 e. The fourth-order valence-corrected chi connectivity index (χ4v) is 3.01. The SMILES string of the molecule is Fc1ccc2c(c1)c1c3ccccc3ncc1n1nnnc21. The van der Waals surface area contributed by atoms with Crippen LogP contribution in [-0.2, 0) is 0 Å². The zero-order valence-electron chi connectivity index (χ0n) is 11.2. The Hall–Kier alpha value is -3.15. The number of rotatable bonds is 0. The van der Waals surface area contributed by atoms with Crippen LogP contribution in [0.4, 0.5) is 4.39 Å². The smallest absolute Gasteiger partial charge is 0.187 e. The monoisotopic (exact) mass is 289 g/mol. The highest BCUT2D eigenvalue weighted by Crippen LogP contribution is 2.32. The maximum Gasteiger partial charge on any atom is 0.187 e. The van der Waals surface area contributed by atoms with Gasteiger partial charge in [0.1, 0.15) is 5.82 Å². The van der Waals surface area contributed by atoms with Crippen molar-refractivity contribution in [1.29, 1.82) is 0 Å². The number of benzene rings is 2. The standard InChI is InChI=1S/C16H8FN5/c17-9-5-6-10-12(7-9)15-11-3-1-2-4-13(11)18-8-14(15)22-16(10)19-20-21-22/h1-8H. The van der Waals surface area contributed by atoms with Gasteiger partial charge in [-0.25, -0.2) is 4.39 Å². The number of aromatic nitrogens is 5. The van der Waals surface area contributed by atoms with E-state index in [4.69, 9.17) is 0 Å². The normalized spacial score (nSPS) is 11.9. The Balaban J connectivity index is 2.23. The summed E-state index contributed by atoms with van der Waals surface area (Å²) >= 11 is 0. The summed E-state index contributed by atoms with van der Waals surface area (Å²) in [6, 6.07) is 12.4. The van der Waals surface area contributed by atoms with E-state index in [1.54, 1.807) is 16.8 Å². The van der Waals surface area contributed by atoms with Crippen LogP contribution >= 0.6 is 0 Å². The van der Waals surface area contributed by atoms with Crippen LogP contribution in [0.5, 0.6) is 0 Å². The number of hydrogen-bond acceptors (Lipinski definition) is 4. The molecule has 0 amide bonds. The van der Waals surface area contributed by atoms with Gasteiger partial charge in [0.2, 0.25) is 0 Å². The minimum absolute atomic E-state index is 0.286. The average Bonchev–Trinajstić information content (AvgIpc) is 3.04. The van der Waals surface area contributed by atoms with Crippen molar-refractivity contribution in [2.45, 2.75) is 0 Å². The second-order valence-electron chi connectivity index (χ2n) is 5.14. The molecule has 2 aromatic carbocycles. The van der Waals surface area contributed by atoms with Gasteiger partial charge in [-0.2, -0.15) is 4.52 Å². The lowest BCUT2D eigenvalue weighted by Gasteiger charge is -2.09. The number of para-hydroxylation sites is 1. The van der Waals surface area contributed by atoms with Crippen molar-refractivity contribution in [3.05, 3.63) is 54.5 Å². The summed E-state index contributed by atoms with van der Waals surface area (Å²) in [5.74, 6) is -0.286. The highest BCUT2D eigenvalue weighted by Gasteiger charge is 2.14. The minimum atomic E-state index is -0.286. The number of halogens is 1. The predicted molar refractivity (Wildman–Crippen MR) is 81.1 cm³/mol. The molecule has 0 aliphatic heterocycles. The maximum absolute atomic E-state index is 13.8. The molecule has 0 unspecified atom stereocenters. The first-order chi connectivity index (χ1) is 10.8. The average molecular weight is 289 g/mol. The second kappa shape index (κ2) is 3.94. The lowest BCUT2D eigenvalue weighted by molar-refractivity contribution is 0.630. The quantitative estimate of drug-likeness (QED) is 0.411. The Morgan fingerprint density at radius 3 is 2.82 bits per heavy atom.